The van der Waals surface area contributed by atoms with Gasteiger partial charge in [0.05, 0.1) is 10.6 Å². The average Bonchev–Trinajstić information content (AvgIpc) is 2.59. The first kappa shape index (κ1) is 11.6. The van der Waals surface area contributed by atoms with E-state index in [0.29, 0.717) is 0 Å². The fourth-order valence-electron chi connectivity index (χ4n) is 1.50. The van der Waals surface area contributed by atoms with E-state index < -0.39 is 0 Å². The average molecular weight is 213 g/mol. The zero-order chi connectivity index (χ0) is 10.4. The molecule has 4 heteroatoms. The fourth-order valence-corrected chi connectivity index (χ4v) is 2.18. The van der Waals surface area contributed by atoms with Gasteiger partial charge in [0.15, 0.2) is 0 Å². The second-order valence-electron chi connectivity index (χ2n) is 3.68. The molecule has 0 saturated carbocycles. The van der Waals surface area contributed by atoms with Crippen LogP contribution in [0.4, 0.5) is 0 Å². The number of unbranched alkanes of at least 4 members (excludes halogenated alkanes) is 3. The molecule has 14 heavy (non-hydrogen) atoms. The first-order valence-electron chi connectivity index (χ1n) is 5.30. The summed E-state index contributed by atoms with van der Waals surface area (Å²) in [6.45, 7) is 4.20. The SMILES string of the molecule is CCCCCCC(N)c1snnc1C. The third kappa shape index (κ3) is 3.35. The molecule has 0 aliphatic carbocycles. The minimum atomic E-state index is 0.145. The highest BCUT2D eigenvalue weighted by Gasteiger charge is 2.11. The summed E-state index contributed by atoms with van der Waals surface area (Å²) in [6.07, 6.45) is 6.15. The number of nitrogens with two attached hydrogens (primary N) is 1. The van der Waals surface area contributed by atoms with Gasteiger partial charge in [0.25, 0.3) is 0 Å². The van der Waals surface area contributed by atoms with Gasteiger partial charge in [-0.3, -0.25) is 0 Å². The molecule has 2 N–H and O–H groups in total. The second-order valence-corrected chi connectivity index (χ2v) is 4.46. The van der Waals surface area contributed by atoms with Gasteiger partial charge in [-0.2, -0.15) is 0 Å². The minimum Gasteiger partial charge on any atom is -0.323 e. The summed E-state index contributed by atoms with van der Waals surface area (Å²) < 4.78 is 3.90. The molecule has 1 atom stereocenters. The molecule has 0 radical (unpaired) electrons. The smallest absolute Gasteiger partial charge is 0.0772 e. The normalized spacial score (nSPS) is 13.1. The number of aromatic nitrogens is 2. The summed E-state index contributed by atoms with van der Waals surface area (Å²) in [5.41, 5.74) is 7.05. The summed E-state index contributed by atoms with van der Waals surface area (Å²) in [4.78, 5) is 1.15. The highest BCUT2D eigenvalue weighted by atomic mass is 32.1. The fraction of sp³-hybridized carbons (Fsp3) is 0.800. The van der Waals surface area contributed by atoms with E-state index in [-0.39, 0.29) is 6.04 Å². The van der Waals surface area contributed by atoms with Crippen molar-refractivity contribution < 1.29 is 0 Å². The molecule has 80 valence electrons. The van der Waals surface area contributed by atoms with Gasteiger partial charge in [0.1, 0.15) is 0 Å². The van der Waals surface area contributed by atoms with Gasteiger partial charge >= 0.3 is 0 Å². The van der Waals surface area contributed by atoms with Crippen LogP contribution in [0, 0.1) is 6.92 Å². The summed E-state index contributed by atoms with van der Waals surface area (Å²) >= 11 is 1.44. The molecule has 0 aromatic carbocycles. The Labute approximate surface area is 89.9 Å². The van der Waals surface area contributed by atoms with Crippen LogP contribution in [-0.2, 0) is 0 Å². The van der Waals surface area contributed by atoms with Crippen molar-refractivity contribution in [1.29, 1.82) is 0 Å². The summed E-state index contributed by atoms with van der Waals surface area (Å²) in [7, 11) is 0. The second kappa shape index (κ2) is 6.09. The van der Waals surface area contributed by atoms with Gasteiger partial charge in [-0.15, -0.1) is 5.10 Å². The number of nitrogens with zero attached hydrogens (tertiary/aromatic N) is 2. The lowest BCUT2D eigenvalue weighted by Gasteiger charge is -2.08. The first-order valence-corrected chi connectivity index (χ1v) is 6.07. The predicted octanol–water partition coefficient (Wildman–Crippen LogP) is 2.82. The monoisotopic (exact) mass is 213 g/mol. The van der Waals surface area contributed by atoms with Crippen LogP contribution >= 0.6 is 11.5 Å². The van der Waals surface area contributed by atoms with Crippen molar-refractivity contribution >= 4 is 11.5 Å². The third-order valence-electron chi connectivity index (χ3n) is 2.39. The van der Waals surface area contributed by atoms with E-state index in [0.717, 1.165) is 17.0 Å². The number of hydrogen-bond acceptors (Lipinski definition) is 4. The molecule has 0 saturated heterocycles. The molecule has 0 amide bonds. The van der Waals surface area contributed by atoms with Crippen molar-refractivity contribution in [2.75, 3.05) is 0 Å². The van der Waals surface area contributed by atoms with Gasteiger partial charge in [-0.25, -0.2) is 0 Å². The van der Waals surface area contributed by atoms with E-state index in [9.17, 15) is 0 Å². The van der Waals surface area contributed by atoms with E-state index in [1.807, 2.05) is 6.92 Å². The van der Waals surface area contributed by atoms with Crippen molar-refractivity contribution in [2.24, 2.45) is 5.73 Å². The van der Waals surface area contributed by atoms with E-state index in [4.69, 9.17) is 5.73 Å². The molecule has 0 aliphatic rings. The maximum atomic E-state index is 6.05. The molecule has 1 rings (SSSR count). The molecule has 1 heterocycles. The van der Waals surface area contributed by atoms with Crippen LogP contribution in [-0.4, -0.2) is 9.59 Å². The van der Waals surface area contributed by atoms with Crippen molar-refractivity contribution in [3.05, 3.63) is 10.6 Å². The Morgan fingerprint density at radius 1 is 1.36 bits per heavy atom. The van der Waals surface area contributed by atoms with Crippen LogP contribution in [0.2, 0.25) is 0 Å². The van der Waals surface area contributed by atoms with Crippen LogP contribution in [0.3, 0.4) is 0 Å². The highest BCUT2D eigenvalue weighted by Crippen LogP contribution is 2.22. The summed E-state index contributed by atoms with van der Waals surface area (Å²) in [6, 6.07) is 0.145. The molecule has 0 fully saturated rings. The molecule has 1 aromatic rings. The van der Waals surface area contributed by atoms with Gasteiger partial charge in [-0.05, 0) is 24.9 Å². The maximum Gasteiger partial charge on any atom is 0.0772 e. The lowest BCUT2D eigenvalue weighted by Crippen LogP contribution is -2.09. The molecule has 1 unspecified atom stereocenters. The van der Waals surface area contributed by atoms with Gasteiger partial charge in [-0.1, -0.05) is 37.1 Å². The molecular formula is C10H19N3S. The molecule has 0 bridgehead atoms. The van der Waals surface area contributed by atoms with Gasteiger partial charge in [0.2, 0.25) is 0 Å². The first-order chi connectivity index (χ1) is 6.75. The number of aryl methyl sites for hydroxylation is 1. The lowest BCUT2D eigenvalue weighted by molar-refractivity contribution is 0.569. The summed E-state index contributed by atoms with van der Waals surface area (Å²) in [5, 5.41) is 3.97. The number of hydrogen-bond donors (Lipinski definition) is 1. The van der Waals surface area contributed by atoms with Crippen LogP contribution in [0.5, 0.6) is 0 Å². The molecule has 0 aliphatic heterocycles. The largest absolute Gasteiger partial charge is 0.323 e. The van der Waals surface area contributed by atoms with Crippen LogP contribution in [0.25, 0.3) is 0 Å². The van der Waals surface area contributed by atoms with Crippen LogP contribution < -0.4 is 5.73 Å². The third-order valence-corrected chi connectivity index (χ3v) is 3.35. The number of rotatable bonds is 6. The van der Waals surface area contributed by atoms with Crippen LogP contribution in [0.1, 0.15) is 55.6 Å². The Hall–Kier alpha value is -0.480. The van der Waals surface area contributed by atoms with Gasteiger partial charge < -0.3 is 5.73 Å². The minimum absolute atomic E-state index is 0.145. The molecular weight excluding hydrogens is 194 g/mol. The quantitative estimate of drug-likeness (QED) is 0.739. The lowest BCUT2D eigenvalue weighted by atomic mass is 10.1. The standard InChI is InChI=1S/C10H19N3S/c1-3-4-5-6-7-9(11)10-8(2)12-13-14-10/h9H,3-7,11H2,1-2H3. The highest BCUT2D eigenvalue weighted by molar-refractivity contribution is 7.05. The van der Waals surface area contributed by atoms with Crippen molar-refractivity contribution in [3.8, 4) is 0 Å². The molecule has 3 nitrogen and oxygen atoms in total. The Morgan fingerprint density at radius 2 is 2.14 bits per heavy atom. The topological polar surface area (TPSA) is 51.8 Å². The van der Waals surface area contributed by atoms with E-state index in [2.05, 4.69) is 16.5 Å². The van der Waals surface area contributed by atoms with E-state index >= 15 is 0 Å². The molecule has 0 spiro atoms. The van der Waals surface area contributed by atoms with Gasteiger partial charge in [0, 0.05) is 6.04 Å². The van der Waals surface area contributed by atoms with E-state index in [1.54, 1.807) is 0 Å². The zero-order valence-corrected chi connectivity index (χ0v) is 9.81. The molecule has 1 aromatic heterocycles. The maximum absolute atomic E-state index is 6.05. The Kier molecular flexibility index (Phi) is 5.04. The predicted molar refractivity (Wildman–Crippen MR) is 60.3 cm³/mol. The van der Waals surface area contributed by atoms with E-state index in [1.165, 1.54) is 37.2 Å². The Morgan fingerprint density at radius 3 is 2.71 bits per heavy atom. The zero-order valence-electron chi connectivity index (χ0n) is 8.99. The Bertz CT molecular complexity index is 260. The Balaban J connectivity index is 2.28. The summed E-state index contributed by atoms with van der Waals surface area (Å²) in [5.74, 6) is 0. The van der Waals surface area contributed by atoms with Crippen molar-refractivity contribution in [2.45, 2.75) is 52.0 Å². The van der Waals surface area contributed by atoms with Crippen LogP contribution in [0.15, 0.2) is 0 Å². The van der Waals surface area contributed by atoms with Crippen molar-refractivity contribution in [3.63, 3.8) is 0 Å². The van der Waals surface area contributed by atoms with Crippen molar-refractivity contribution in [1.82, 2.24) is 9.59 Å².